The molecular weight excluding hydrogens is 301 g/mol. The van der Waals surface area contributed by atoms with E-state index in [9.17, 15) is 9.18 Å². The largest absolute Gasteiger partial charge is 0.338 e. The molecule has 1 aromatic carbocycles. The normalized spacial score (nSPS) is 44.7. The van der Waals surface area contributed by atoms with Crippen molar-refractivity contribution in [3.63, 3.8) is 0 Å². The van der Waals surface area contributed by atoms with Gasteiger partial charge in [0.15, 0.2) is 0 Å². The lowest BCUT2D eigenvalue weighted by molar-refractivity contribution is -0.142. The molecule has 1 aromatic rings. The monoisotopic (exact) mass is 323 g/mol. The molecule has 1 heterocycles. The zero-order valence-electron chi connectivity index (χ0n) is 13.7. The van der Waals surface area contributed by atoms with Crippen LogP contribution in [0.4, 0.5) is 4.39 Å². The number of allylic oxidation sites excluding steroid dienone is 1. The fraction of sp³-hybridized carbons (Fsp3) is 0.571. The SMILES string of the molecule is O=C1[C@@H]2CCc3ccccc3[C@H]2CN1[C@@H]1[C@@H]2C[C@]3(F)CC=C2[C@@H]1C3. The van der Waals surface area contributed by atoms with Gasteiger partial charge in [0.2, 0.25) is 5.91 Å². The molecule has 0 N–H and O–H groups in total. The van der Waals surface area contributed by atoms with E-state index in [4.69, 9.17) is 0 Å². The number of benzene rings is 1. The number of nitrogens with zero attached hydrogens (tertiary/aromatic N) is 1. The number of likely N-dealkylation sites (tertiary alicyclic amines) is 1. The summed E-state index contributed by atoms with van der Waals surface area (Å²) in [6.07, 6.45) is 6.05. The highest BCUT2D eigenvalue weighted by molar-refractivity contribution is 5.84. The van der Waals surface area contributed by atoms with Gasteiger partial charge in [-0.05, 0) is 43.2 Å². The first-order chi connectivity index (χ1) is 11.6. The number of hydrogen-bond acceptors (Lipinski definition) is 1. The van der Waals surface area contributed by atoms with E-state index in [1.54, 1.807) is 0 Å². The molecule has 1 amide bonds. The quantitative estimate of drug-likeness (QED) is 0.723. The predicted molar refractivity (Wildman–Crippen MR) is 89.2 cm³/mol. The van der Waals surface area contributed by atoms with Crippen LogP contribution in [-0.4, -0.2) is 29.1 Å². The van der Waals surface area contributed by atoms with E-state index < -0.39 is 5.67 Å². The van der Waals surface area contributed by atoms with E-state index in [0.717, 1.165) is 19.4 Å². The second-order valence-electron chi connectivity index (χ2n) is 8.61. The number of amides is 1. The van der Waals surface area contributed by atoms with Gasteiger partial charge in [-0.25, -0.2) is 4.39 Å². The summed E-state index contributed by atoms with van der Waals surface area (Å²) in [5, 5.41) is 0. The fourth-order valence-electron chi connectivity index (χ4n) is 6.54. The Bertz CT molecular complexity index is 768. The molecule has 3 saturated carbocycles. The second-order valence-corrected chi connectivity index (χ2v) is 8.61. The third kappa shape index (κ3) is 1.54. The topological polar surface area (TPSA) is 20.3 Å². The molecule has 0 unspecified atom stereocenters. The first-order valence-electron chi connectivity index (χ1n) is 9.42. The Morgan fingerprint density at radius 2 is 1.88 bits per heavy atom. The van der Waals surface area contributed by atoms with Crippen LogP contribution in [0.1, 0.15) is 42.7 Å². The molecule has 6 atom stereocenters. The lowest BCUT2D eigenvalue weighted by atomic mass is 9.49. The Morgan fingerprint density at radius 1 is 1.08 bits per heavy atom. The fourth-order valence-corrected chi connectivity index (χ4v) is 6.54. The van der Waals surface area contributed by atoms with Gasteiger partial charge in [0.05, 0.1) is 0 Å². The van der Waals surface area contributed by atoms with Crippen LogP contribution in [0.15, 0.2) is 35.9 Å². The van der Waals surface area contributed by atoms with Gasteiger partial charge >= 0.3 is 0 Å². The van der Waals surface area contributed by atoms with E-state index in [1.165, 1.54) is 16.7 Å². The number of halogens is 1. The smallest absolute Gasteiger partial charge is 0.226 e. The number of carbonyl (C=O) groups excluding carboxylic acids is 1. The third-order valence-corrected chi connectivity index (χ3v) is 7.57. The van der Waals surface area contributed by atoms with Crippen LogP contribution in [0.5, 0.6) is 0 Å². The summed E-state index contributed by atoms with van der Waals surface area (Å²) in [7, 11) is 0. The van der Waals surface area contributed by atoms with Crippen LogP contribution in [-0.2, 0) is 11.2 Å². The van der Waals surface area contributed by atoms with Crippen molar-refractivity contribution in [1.29, 1.82) is 0 Å². The van der Waals surface area contributed by atoms with Crippen molar-refractivity contribution in [2.24, 2.45) is 17.8 Å². The molecule has 8 rings (SSSR count). The Kier molecular flexibility index (Phi) is 2.44. The maximum absolute atomic E-state index is 14.7. The first-order valence-corrected chi connectivity index (χ1v) is 9.42. The van der Waals surface area contributed by atoms with E-state index in [2.05, 4.69) is 35.2 Å². The standard InChI is InChI=1S/C21H22FNO/c22-21-8-7-14-16(9-21)19(17(14)10-21)23-11-18-13-4-2-1-3-12(13)5-6-15(18)20(23)24/h1-4,7,15-19H,5-6,8-11H2/t15-,16-,17+,18-,19-,21-/m1/s1. The molecule has 7 aliphatic rings. The molecular formula is C21H22FNO. The first kappa shape index (κ1) is 13.6. The summed E-state index contributed by atoms with van der Waals surface area (Å²) in [5.41, 5.74) is 3.29. The van der Waals surface area contributed by atoms with Crippen LogP contribution >= 0.6 is 0 Å². The van der Waals surface area contributed by atoms with Gasteiger partial charge in [0, 0.05) is 36.3 Å². The maximum Gasteiger partial charge on any atom is 0.226 e. The predicted octanol–water partition coefficient (Wildman–Crippen LogP) is 3.62. The Labute approximate surface area is 141 Å². The highest BCUT2D eigenvalue weighted by Gasteiger charge is 2.63. The van der Waals surface area contributed by atoms with Gasteiger partial charge in [0.1, 0.15) is 5.67 Å². The molecule has 3 heteroatoms. The molecule has 0 radical (unpaired) electrons. The lowest BCUT2D eigenvalue weighted by Crippen LogP contribution is -2.64. The summed E-state index contributed by atoms with van der Waals surface area (Å²) < 4.78 is 14.7. The zero-order valence-corrected chi connectivity index (χ0v) is 13.7. The molecule has 24 heavy (non-hydrogen) atoms. The summed E-state index contributed by atoms with van der Waals surface area (Å²) in [6.45, 7) is 0.852. The van der Waals surface area contributed by atoms with Crippen molar-refractivity contribution in [3.05, 3.63) is 47.0 Å². The molecule has 0 aromatic heterocycles. The van der Waals surface area contributed by atoms with Gasteiger partial charge in [-0.2, -0.15) is 0 Å². The highest BCUT2D eigenvalue weighted by atomic mass is 19.1. The van der Waals surface area contributed by atoms with Crippen molar-refractivity contribution in [2.45, 2.75) is 49.7 Å². The van der Waals surface area contributed by atoms with Crippen molar-refractivity contribution in [1.82, 2.24) is 4.90 Å². The molecule has 6 aliphatic carbocycles. The number of rotatable bonds is 1. The minimum atomic E-state index is -0.976. The molecule has 4 fully saturated rings. The number of aryl methyl sites for hydroxylation is 1. The van der Waals surface area contributed by atoms with Crippen LogP contribution in [0.3, 0.4) is 0 Å². The Morgan fingerprint density at radius 3 is 2.67 bits per heavy atom. The molecule has 0 spiro atoms. The Hall–Kier alpha value is -1.64. The third-order valence-electron chi connectivity index (χ3n) is 7.57. The summed E-state index contributed by atoms with van der Waals surface area (Å²) in [4.78, 5) is 15.3. The van der Waals surface area contributed by atoms with Crippen LogP contribution < -0.4 is 0 Å². The highest BCUT2D eigenvalue weighted by Crippen LogP contribution is 2.62. The number of fused-ring (bicyclic) bond motifs is 4. The zero-order chi connectivity index (χ0) is 16.1. The van der Waals surface area contributed by atoms with Crippen LogP contribution in [0.25, 0.3) is 0 Å². The molecule has 4 bridgehead atoms. The average Bonchev–Trinajstić information content (AvgIpc) is 2.92. The van der Waals surface area contributed by atoms with Gasteiger partial charge in [-0.15, -0.1) is 0 Å². The molecule has 1 aliphatic heterocycles. The minimum Gasteiger partial charge on any atom is -0.338 e. The summed E-state index contributed by atoms with van der Waals surface area (Å²) in [5.74, 6) is 1.48. The van der Waals surface area contributed by atoms with Crippen LogP contribution in [0.2, 0.25) is 0 Å². The van der Waals surface area contributed by atoms with Crippen molar-refractivity contribution in [2.75, 3.05) is 6.54 Å². The molecule has 1 saturated heterocycles. The summed E-state index contributed by atoms with van der Waals surface area (Å²) in [6, 6.07) is 8.92. The van der Waals surface area contributed by atoms with E-state index in [1.807, 2.05) is 0 Å². The average molecular weight is 323 g/mol. The van der Waals surface area contributed by atoms with Gasteiger partial charge in [-0.1, -0.05) is 35.9 Å². The van der Waals surface area contributed by atoms with E-state index in [-0.39, 0.29) is 12.0 Å². The van der Waals surface area contributed by atoms with Crippen molar-refractivity contribution >= 4 is 5.91 Å². The van der Waals surface area contributed by atoms with Gasteiger partial charge in [-0.3, -0.25) is 4.79 Å². The van der Waals surface area contributed by atoms with E-state index >= 15 is 0 Å². The number of carbonyl (C=O) groups is 1. The van der Waals surface area contributed by atoms with E-state index in [0.29, 0.717) is 42.9 Å². The van der Waals surface area contributed by atoms with Crippen molar-refractivity contribution < 1.29 is 9.18 Å². The lowest BCUT2D eigenvalue weighted by Gasteiger charge is -2.61. The minimum absolute atomic E-state index is 0.159. The number of alkyl halides is 1. The Balaban J connectivity index is 1.33. The number of hydrogen-bond donors (Lipinski definition) is 0. The summed E-state index contributed by atoms with van der Waals surface area (Å²) >= 11 is 0. The maximum atomic E-state index is 14.7. The molecule has 124 valence electrons. The van der Waals surface area contributed by atoms with Crippen LogP contribution in [0, 0.1) is 17.8 Å². The molecule has 2 nitrogen and oxygen atoms in total. The second kappa shape index (κ2) is 4.30. The van der Waals surface area contributed by atoms with Gasteiger partial charge < -0.3 is 4.90 Å². The van der Waals surface area contributed by atoms with Crippen molar-refractivity contribution in [3.8, 4) is 0 Å². The van der Waals surface area contributed by atoms with Gasteiger partial charge in [0.25, 0.3) is 0 Å².